The van der Waals surface area contributed by atoms with Crippen molar-refractivity contribution in [3.05, 3.63) is 88.7 Å². The van der Waals surface area contributed by atoms with Gasteiger partial charge in [-0.2, -0.15) is 0 Å². The van der Waals surface area contributed by atoms with Crippen LogP contribution in [0.15, 0.2) is 82.7 Å². The van der Waals surface area contributed by atoms with Gasteiger partial charge < -0.3 is 19.7 Å². The van der Waals surface area contributed by atoms with E-state index in [-0.39, 0.29) is 17.2 Å². The van der Waals surface area contributed by atoms with Crippen molar-refractivity contribution in [2.45, 2.75) is 18.1 Å². The Balaban J connectivity index is 1.41. The molecule has 2 heterocycles. The minimum atomic E-state index is -0.185. The lowest BCUT2D eigenvalue weighted by molar-refractivity contribution is -0.113. The molecule has 0 aliphatic carbocycles. The second kappa shape index (κ2) is 12.1. The average molecular weight is 531 g/mol. The zero-order valence-electron chi connectivity index (χ0n) is 21.3. The largest absolute Gasteiger partial charge is 0.497 e. The predicted octanol–water partition coefficient (Wildman–Crippen LogP) is 4.22. The quantitative estimate of drug-likeness (QED) is 0.256. The second-order valence-corrected chi connectivity index (χ2v) is 9.90. The number of ether oxygens (including phenoxy) is 2. The van der Waals surface area contributed by atoms with Crippen LogP contribution in [0.3, 0.4) is 0 Å². The Bertz CT molecular complexity index is 1470. The third kappa shape index (κ3) is 6.17. The van der Waals surface area contributed by atoms with Crippen LogP contribution in [0, 0.1) is 0 Å². The summed E-state index contributed by atoms with van der Waals surface area (Å²) in [6.45, 7) is 3.39. The summed E-state index contributed by atoms with van der Waals surface area (Å²) in [5, 5.41) is 3.99. The molecule has 1 saturated heterocycles. The van der Waals surface area contributed by atoms with Gasteiger partial charge in [-0.1, -0.05) is 48.2 Å². The number of rotatable bonds is 9. The molecule has 1 N–H and O–H groups in total. The molecule has 0 radical (unpaired) electrons. The number of methoxy groups -OCH3 is 1. The van der Waals surface area contributed by atoms with E-state index in [0.29, 0.717) is 53.7 Å². The van der Waals surface area contributed by atoms with Gasteiger partial charge in [0.05, 0.1) is 37.0 Å². The molecule has 0 unspecified atom stereocenters. The van der Waals surface area contributed by atoms with E-state index < -0.39 is 0 Å². The van der Waals surface area contributed by atoms with Crippen LogP contribution in [-0.2, 0) is 22.5 Å². The lowest BCUT2D eigenvalue weighted by Gasteiger charge is -2.29. The van der Waals surface area contributed by atoms with Gasteiger partial charge in [-0.25, -0.2) is 4.98 Å². The number of nitrogens with one attached hydrogen (secondary N) is 1. The van der Waals surface area contributed by atoms with Crippen LogP contribution in [0.25, 0.3) is 10.9 Å². The van der Waals surface area contributed by atoms with Crippen molar-refractivity contribution in [3.8, 4) is 5.75 Å². The van der Waals surface area contributed by atoms with Gasteiger partial charge in [0.15, 0.2) is 5.16 Å². The predicted molar refractivity (Wildman–Crippen MR) is 152 cm³/mol. The lowest BCUT2D eigenvalue weighted by Crippen LogP contribution is -2.36. The van der Waals surface area contributed by atoms with Crippen molar-refractivity contribution in [2.24, 2.45) is 0 Å². The molecule has 1 aliphatic heterocycles. The fourth-order valence-corrected chi connectivity index (χ4v) is 5.25. The molecule has 38 heavy (non-hydrogen) atoms. The molecular formula is C29H30N4O4S. The van der Waals surface area contributed by atoms with Crippen LogP contribution in [0.5, 0.6) is 5.75 Å². The number of hydrogen-bond acceptors (Lipinski definition) is 7. The Kier molecular flexibility index (Phi) is 8.25. The maximum atomic E-state index is 13.8. The highest BCUT2D eigenvalue weighted by Crippen LogP contribution is 2.24. The van der Waals surface area contributed by atoms with Gasteiger partial charge in [0, 0.05) is 37.1 Å². The number of aromatic nitrogens is 2. The van der Waals surface area contributed by atoms with E-state index in [1.54, 1.807) is 23.8 Å². The first kappa shape index (κ1) is 25.8. The molecule has 8 nitrogen and oxygen atoms in total. The summed E-state index contributed by atoms with van der Waals surface area (Å²) in [4.78, 5) is 33.6. The zero-order chi connectivity index (χ0) is 26.3. The van der Waals surface area contributed by atoms with Crippen LogP contribution in [0.2, 0.25) is 0 Å². The summed E-state index contributed by atoms with van der Waals surface area (Å²) >= 11 is 1.26. The molecule has 0 spiro atoms. The van der Waals surface area contributed by atoms with E-state index in [1.165, 1.54) is 11.8 Å². The Morgan fingerprint density at radius 3 is 2.66 bits per heavy atom. The molecule has 1 fully saturated rings. The van der Waals surface area contributed by atoms with E-state index >= 15 is 0 Å². The number of hydrogen-bond donors (Lipinski definition) is 1. The highest BCUT2D eigenvalue weighted by Gasteiger charge is 2.17. The van der Waals surface area contributed by atoms with Crippen LogP contribution in [-0.4, -0.2) is 54.6 Å². The maximum Gasteiger partial charge on any atom is 0.262 e. The maximum absolute atomic E-state index is 13.8. The Morgan fingerprint density at radius 1 is 1.05 bits per heavy atom. The number of fused-ring (bicyclic) bond motifs is 1. The molecule has 0 saturated carbocycles. The summed E-state index contributed by atoms with van der Waals surface area (Å²) in [6.07, 6.45) is 0.681. The van der Waals surface area contributed by atoms with Crippen molar-refractivity contribution in [2.75, 3.05) is 49.4 Å². The molecule has 1 aromatic heterocycles. The van der Waals surface area contributed by atoms with Gasteiger partial charge in [0.25, 0.3) is 5.56 Å². The van der Waals surface area contributed by atoms with Crippen molar-refractivity contribution in [1.29, 1.82) is 0 Å². The number of carbonyl (C=O) groups is 1. The highest BCUT2D eigenvalue weighted by molar-refractivity contribution is 7.99. The summed E-state index contributed by atoms with van der Waals surface area (Å²) < 4.78 is 12.4. The number of benzene rings is 3. The molecular weight excluding hydrogens is 500 g/mol. The monoisotopic (exact) mass is 530 g/mol. The third-order valence-corrected chi connectivity index (χ3v) is 7.41. The first-order valence-corrected chi connectivity index (χ1v) is 13.6. The summed E-state index contributed by atoms with van der Waals surface area (Å²) in [6, 6.07) is 23.1. The standard InChI is InChI=1S/C29H30N4O4S/c1-36-24-9-5-8-22(18-24)30-27(34)20-38-29-31-26-11-10-23(32-14-16-37-17-15-32)19-25(26)28(35)33(29)13-12-21-6-3-2-4-7-21/h2-11,18-19H,12-17,20H2,1H3,(H,30,34). The highest BCUT2D eigenvalue weighted by atomic mass is 32.2. The Morgan fingerprint density at radius 2 is 1.87 bits per heavy atom. The van der Waals surface area contributed by atoms with Gasteiger partial charge in [0.2, 0.25) is 5.91 Å². The fourth-order valence-electron chi connectivity index (χ4n) is 4.43. The molecule has 3 aromatic carbocycles. The SMILES string of the molecule is COc1cccc(NC(=O)CSc2nc3ccc(N4CCOCC4)cc3c(=O)n2CCc2ccccc2)c1. The fraction of sp³-hybridized carbons (Fsp3) is 0.276. The Hall–Kier alpha value is -3.82. The summed E-state index contributed by atoms with van der Waals surface area (Å²) in [5.74, 6) is 0.597. The van der Waals surface area contributed by atoms with Crippen molar-refractivity contribution >= 4 is 39.9 Å². The van der Waals surface area contributed by atoms with Crippen LogP contribution in [0.1, 0.15) is 5.56 Å². The molecule has 0 bridgehead atoms. The third-order valence-electron chi connectivity index (χ3n) is 6.43. The van der Waals surface area contributed by atoms with Gasteiger partial charge in [-0.15, -0.1) is 0 Å². The van der Waals surface area contributed by atoms with Crippen LogP contribution >= 0.6 is 11.8 Å². The molecule has 1 amide bonds. The lowest BCUT2D eigenvalue weighted by atomic mass is 10.1. The number of morpholine rings is 1. The molecule has 1 aliphatic rings. The summed E-state index contributed by atoms with van der Waals surface area (Å²) in [7, 11) is 1.58. The first-order valence-electron chi connectivity index (χ1n) is 12.6. The first-order chi connectivity index (χ1) is 18.6. The van der Waals surface area contributed by atoms with E-state index in [0.717, 1.165) is 24.3 Å². The number of nitrogens with zero attached hydrogens (tertiary/aromatic N) is 3. The second-order valence-electron chi connectivity index (χ2n) is 8.96. The van der Waals surface area contributed by atoms with E-state index in [2.05, 4.69) is 10.2 Å². The van der Waals surface area contributed by atoms with E-state index in [9.17, 15) is 9.59 Å². The van der Waals surface area contributed by atoms with Crippen molar-refractivity contribution in [3.63, 3.8) is 0 Å². The summed E-state index contributed by atoms with van der Waals surface area (Å²) in [5.41, 5.74) is 3.30. The molecule has 5 rings (SSSR count). The molecule has 4 aromatic rings. The van der Waals surface area contributed by atoms with Crippen molar-refractivity contribution < 1.29 is 14.3 Å². The topological polar surface area (TPSA) is 85.7 Å². The average Bonchev–Trinajstić information content (AvgIpc) is 2.96. The smallest absolute Gasteiger partial charge is 0.262 e. The van der Waals surface area contributed by atoms with Gasteiger partial charge >= 0.3 is 0 Å². The van der Waals surface area contributed by atoms with Crippen LogP contribution < -0.4 is 20.5 Å². The van der Waals surface area contributed by atoms with Gasteiger partial charge in [-0.3, -0.25) is 14.2 Å². The van der Waals surface area contributed by atoms with E-state index in [4.69, 9.17) is 14.5 Å². The number of aryl methyl sites for hydroxylation is 1. The minimum absolute atomic E-state index is 0.100. The number of anilines is 2. The normalized spacial score (nSPS) is 13.4. The Labute approximate surface area is 225 Å². The molecule has 9 heteroatoms. The van der Waals surface area contributed by atoms with E-state index in [1.807, 2.05) is 60.7 Å². The van der Waals surface area contributed by atoms with Crippen LogP contribution in [0.4, 0.5) is 11.4 Å². The minimum Gasteiger partial charge on any atom is -0.497 e. The van der Waals surface area contributed by atoms with Gasteiger partial charge in [0.1, 0.15) is 5.75 Å². The van der Waals surface area contributed by atoms with Crippen molar-refractivity contribution in [1.82, 2.24) is 9.55 Å². The zero-order valence-corrected chi connectivity index (χ0v) is 22.1. The number of amides is 1. The molecule has 0 atom stereocenters. The molecule has 196 valence electrons. The number of carbonyl (C=O) groups excluding carboxylic acids is 1. The van der Waals surface area contributed by atoms with Gasteiger partial charge in [-0.05, 0) is 42.3 Å². The number of thioether (sulfide) groups is 1.